The molecule has 0 bridgehead atoms. The Balaban J connectivity index is 1.39. The van der Waals surface area contributed by atoms with E-state index in [1.807, 2.05) is 25.1 Å². The van der Waals surface area contributed by atoms with E-state index in [1.54, 1.807) is 24.3 Å². The molecule has 0 aliphatic heterocycles. The zero-order chi connectivity index (χ0) is 21.9. The Morgan fingerprint density at radius 3 is 2.61 bits per heavy atom. The summed E-state index contributed by atoms with van der Waals surface area (Å²) in [5.74, 6) is -0.360. The van der Waals surface area contributed by atoms with Crippen molar-refractivity contribution in [1.29, 1.82) is 0 Å². The van der Waals surface area contributed by atoms with E-state index in [2.05, 4.69) is 0 Å². The molecule has 0 saturated heterocycles. The van der Waals surface area contributed by atoms with Gasteiger partial charge in [0.1, 0.15) is 18.2 Å². The average Bonchev–Trinajstić information content (AvgIpc) is 3.32. The van der Waals surface area contributed by atoms with Gasteiger partial charge in [-0.25, -0.2) is 4.39 Å². The van der Waals surface area contributed by atoms with E-state index in [9.17, 15) is 14.3 Å². The summed E-state index contributed by atoms with van der Waals surface area (Å²) in [7, 11) is 0. The van der Waals surface area contributed by atoms with Gasteiger partial charge in [0.15, 0.2) is 0 Å². The number of ether oxygens (including phenoxy) is 1. The first kappa shape index (κ1) is 20.3. The largest absolute Gasteiger partial charge is 0.489 e. The normalized spacial score (nSPS) is 20.8. The van der Waals surface area contributed by atoms with Crippen LogP contribution in [0.15, 0.2) is 48.5 Å². The van der Waals surface area contributed by atoms with Crippen LogP contribution in [0.25, 0.3) is 11.1 Å². The molecule has 3 aromatic rings. The van der Waals surface area contributed by atoms with Crippen molar-refractivity contribution in [2.24, 2.45) is 11.8 Å². The van der Waals surface area contributed by atoms with Gasteiger partial charge in [-0.15, -0.1) is 0 Å². The lowest BCUT2D eigenvalue weighted by Gasteiger charge is -2.16. The number of carbonyl (C=O) groups is 1. The first-order chi connectivity index (χ1) is 14.9. The third kappa shape index (κ3) is 3.38. The molecule has 5 rings (SSSR count). The molecule has 0 heterocycles. The van der Waals surface area contributed by atoms with Crippen LogP contribution in [0.4, 0.5) is 4.39 Å². The first-order valence-electron chi connectivity index (χ1n) is 10.1. The summed E-state index contributed by atoms with van der Waals surface area (Å²) in [6, 6.07) is 14.1. The van der Waals surface area contributed by atoms with E-state index in [0.29, 0.717) is 26.9 Å². The number of aliphatic carboxylic acids is 1. The molecule has 0 amide bonds. The number of hydrogen-bond acceptors (Lipinski definition) is 2. The maximum absolute atomic E-state index is 14.6. The topological polar surface area (TPSA) is 46.5 Å². The van der Waals surface area contributed by atoms with E-state index in [0.717, 1.165) is 28.7 Å². The van der Waals surface area contributed by atoms with Crippen LogP contribution in [0.3, 0.4) is 0 Å². The zero-order valence-electron chi connectivity index (χ0n) is 16.7. The Labute approximate surface area is 189 Å². The van der Waals surface area contributed by atoms with Gasteiger partial charge in [0, 0.05) is 27.1 Å². The summed E-state index contributed by atoms with van der Waals surface area (Å²) in [6.45, 7) is 1.90. The third-order valence-electron chi connectivity index (χ3n) is 6.54. The number of benzene rings is 3. The summed E-state index contributed by atoms with van der Waals surface area (Å²) in [5, 5.41) is 10.3. The van der Waals surface area contributed by atoms with E-state index in [4.69, 9.17) is 27.9 Å². The third-order valence-corrected chi connectivity index (χ3v) is 7.17. The maximum atomic E-state index is 14.6. The van der Waals surface area contributed by atoms with Crippen LogP contribution in [-0.2, 0) is 17.8 Å². The van der Waals surface area contributed by atoms with Gasteiger partial charge in [-0.1, -0.05) is 41.4 Å². The number of fused-ring (bicyclic) bond motifs is 3. The van der Waals surface area contributed by atoms with E-state index >= 15 is 0 Å². The monoisotopic (exact) mass is 456 g/mol. The minimum Gasteiger partial charge on any atom is -0.489 e. The van der Waals surface area contributed by atoms with Gasteiger partial charge in [0.05, 0.1) is 5.92 Å². The van der Waals surface area contributed by atoms with Crippen LogP contribution in [0.1, 0.15) is 28.2 Å². The predicted octanol–water partition coefficient (Wildman–Crippen LogP) is 6.66. The van der Waals surface area contributed by atoms with Gasteiger partial charge >= 0.3 is 5.97 Å². The Kier molecular flexibility index (Phi) is 4.95. The van der Waals surface area contributed by atoms with Gasteiger partial charge in [0.2, 0.25) is 0 Å². The van der Waals surface area contributed by atoms with Crippen LogP contribution in [-0.4, -0.2) is 11.1 Å². The number of halogens is 3. The Morgan fingerprint density at radius 2 is 1.90 bits per heavy atom. The summed E-state index contributed by atoms with van der Waals surface area (Å²) in [6.07, 6.45) is 0.752. The van der Waals surface area contributed by atoms with Crippen molar-refractivity contribution in [1.82, 2.24) is 0 Å². The molecule has 158 valence electrons. The number of hydrogen-bond donors (Lipinski definition) is 1. The molecule has 1 saturated carbocycles. The SMILES string of the molecule is Cc1c(-c2c(Cl)cccc2Cl)ccc(F)c1COc1ccc2c(c1)CC1C(C(=O)O)C21. The molecule has 6 heteroatoms. The molecule has 2 aliphatic carbocycles. The predicted molar refractivity (Wildman–Crippen MR) is 118 cm³/mol. The molecule has 1 N–H and O–H groups in total. The van der Waals surface area contributed by atoms with Crippen molar-refractivity contribution >= 4 is 29.2 Å². The van der Waals surface area contributed by atoms with Crippen molar-refractivity contribution in [2.75, 3.05) is 0 Å². The van der Waals surface area contributed by atoms with Gasteiger partial charge < -0.3 is 9.84 Å². The Morgan fingerprint density at radius 1 is 1.16 bits per heavy atom. The fraction of sp³-hybridized carbons (Fsp3) is 0.240. The molecule has 0 aromatic heterocycles. The van der Waals surface area contributed by atoms with Crippen LogP contribution >= 0.6 is 23.2 Å². The Hall–Kier alpha value is -2.56. The fourth-order valence-corrected chi connectivity index (χ4v) is 5.50. The summed E-state index contributed by atoms with van der Waals surface area (Å²) in [4.78, 5) is 11.3. The summed E-state index contributed by atoms with van der Waals surface area (Å²) in [5.41, 5.74) is 4.84. The fourth-order valence-electron chi connectivity index (χ4n) is 4.90. The lowest BCUT2D eigenvalue weighted by atomic mass is 9.96. The van der Waals surface area contributed by atoms with Gasteiger partial charge in [0.25, 0.3) is 0 Å². The van der Waals surface area contributed by atoms with Crippen LogP contribution in [0, 0.1) is 24.6 Å². The highest BCUT2D eigenvalue weighted by Gasteiger charge is 2.59. The summed E-state index contributed by atoms with van der Waals surface area (Å²) >= 11 is 12.7. The second-order valence-corrected chi connectivity index (χ2v) is 9.02. The number of carboxylic acids is 1. The smallest absolute Gasteiger partial charge is 0.307 e. The van der Waals surface area contributed by atoms with Crippen molar-refractivity contribution in [3.8, 4) is 16.9 Å². The minimum absolute atomic E-state index is 0.0664. The van der Waals surface area contributed by atoms with Crippen LogP contribution < -0.4 is 4.74 Å². The van der Waals surface area contributed by atoms with Gasteiger partial charge in [-0.3, -0.25) is 4.79 Å². The van der Waals surface area contributed by atoms with Gasteiger partial charge in [-0.05, 0) is 71.8 Å². The maximum Gasteiger partial charge on any atom is 0.307 e. The van der Waals surface area contributed by atoms with Crippen molar-refractivity contribution in [3.05, 3.63) is 86.6 Å². The highest BCUT2D eigenvalue weighted by Crippen LogP contribution is 2.61. The molecule has 31 heavy (non-hydrogen) atoms. The number of carboxylic acid groups (broad SMARTS) is 1. The van der Waals surface area contributed by atoms with Crippen molar-refractivity contribution < 1.29 is 19.0 Å². The standard InChI is InChI=1S/C25H19Cl2FO3/c1-12-15(23-19(26)3-2-4-20(23)27)7-8-21(28)18(12)11-31-14-5-6-16-13(9-14)10-17-22(16)24(17)25(29)30/h2-9,17,22,24H,10-11H2,1H3,(H,29,30). The lowest BCUT2D eigenvalue weighted by Crippen LogP contribution is -2.06. The van der Waals surface area contributed by atoms with Crippen LogP contribution in [0.5, 0.6) is 5.75 Å². The second kappa shape index (κ2) is 7.54. The Bertz CT molecular complexity index is 1200. The quantitative estimate of drug-likeness (QED) is 0.466. The zero-order valence-corrected chi connectivity index (χ0v) is 18.2. The highest BCUT2D eigenvalue weighted by molar-refractivity contribution is 6.39. The number of rotatable bonds is 5. The molecule has 3 unspecified atom stereocenters. The van der Waals surface area contributed by atoms with Gasteiger partial charge in [-0.2, -0.15) is 0 Å². The molecule has 3 nitrogen and oxygen atoms in total. The molecule has 2 aliphatic rings. The van der Waals surface area contributed by atoms with E-state index < -0.39 is 5.97 Å². The van der Waals surface area contributed by atoms with Crippen molar-refractivity contribution in [3.63, 3.8) is 0 Å². The van der Waals surface area contributed by atoms with Crippen molar-refractivity contribution in [2.45, 2.75) is 25.9 Å². The summed E-state index contributed by atoms with van der Waals surface area (Å²) < 4.78 is 20.6. The minimum atomic E-state index is -0.717. The first-order valence-corrected chi connectivity index (χ1v) is 10.8. The van der Waals surface area contributed by atoms with Crippen LogP contribution in [0.2, 0.25) is 10.0 Å². The average molecular weight is 457 g/mol. The highest BCUT2D eigenvalue weighted by atomic mass is 35.5. The molecular weight excluding hydrogens is 438 g/mol. The molecule has 0 spiro atoms. The second-order valence-electron chi connectivity index (χ2n) is 8.20. The molecule has 3 atom stereocenters. The molecular formula is C25H19Cl2FO3. The molecule has 0 radical (unpaired) electrons. The van der Waals surface area contributed by atoms with E-state index in [-0.39, 0.29) is 30.2 Å². The van der Waals surface area contributed by atoms with E-state index in [1.165, 1.54) is 6.07 Å². The molecule has 3 aromatic carbocycles. The lowest BCUT2D eigenvalue weighted by molar-refractivity contribution is -0.139. The molecule has 1 fully saturated rings.